The highest BCUT2D eigenvalue weighted by Gasteiger charge is 2.37. The quantitative estimate of drug-likeness (QED) is 0.335. The van der Waals surface area contributed by atoms with Gasteiger partial charge in [-0.2, -0.15) is 0 Å². The molecule has 3 N–H and O–H groups in total. The van der Waals surface area contributed by atoms with Crippen LogP contribution < -0.4 is 16.0 Å². The molecule has 2 aliphatic carbocycles. The molecular formula is C25H46N4O3. The van der Waals surface area contributed by atoms with Crippen LogP contribution in [0.1, 0.15) is 84.5 Å². The number of rotatable bonds is 15. The fourth-order valence-electron chi connectivity index (χ4n) is 5.02. The number of nitrogens with one attached hydrogen (secondary N) is 3. The number of nitrogens with zero attached hydrogens (tertiary/aromatic N) is 1. The van der Waals surface area contributed by atoms with Gasteiger partial charge in [-0.15, -0.1) is 0 Å². The van der Waals surface area contributed by atoms with E-state index < -0.39 is 0 Å². The molecule has 2 saturated carbocycles. The van der Waals surface area contributed by atoms with E-state index in [1.165, 1.54) is 49.8 Å². The van der Waals surface area contributed by atoms with Crippen LogP contribution in [0.5, 0.6) is 0 Å². The molecule has 0 spiro atoms. The van der Waals surface area contributed by atoms with E-state index >= 15 is 0 Å². The Morgan fingerprint density at radius 3 is 2.19 bits per heavy atom. The zero-order valence-corrected chi connectivity index (χ0v) is 20.6. The van der Waals surface area contributed by atoms with Gasteiger partial charge in [0.1, 0.15) is 0 Å². The van der Waals surface area contributed by atoms with Crippen LogP contribution in [0.15, 0.2) is 0 Å². The monoisotopic (exact) mass is 450 g/mol. The summed E-state index contributed by atoms with van der Waals surface area (Å²) < 4.78 is 0. The van der Waals surface area contributed by atoms with Gasteiger partial charge in [-0.3, -0.25) is 14.4 Å². The summed E-state index contributed by atoms with van der Waals surface area (Å²) in [7, 11) is 1.65. The highest BCUT2D eigenvalue weighted by molar-refractivity contribution is 5.89. The predicted molar refractivity (Wildman–Crippen MR) is 128 cm³/mol. The van der Waals surface area contributed by atoms with Gasteiger partial charge in [0.15, 0.2) is 0 Å². The van der Waals surface area contributed by atoms with E-state index in [0.29, 0.717) is 12.5 Å². The zero-order chi connectivity index (χ0) is 23.3. The molecule has 32 heavy (non-hydrogen) atoms. The van der Waals surface area contributed by atoms with Crippen molar-refractivity contribution in [2.75, 3.05) is 33.2 Å². The number of hydrogen-bond acceptors (Lipinski definition) is 4. The summed E-state index contributed by atoms with van der Waals surface area (Å²) in [5.74, 6) is 1.55. The van der Waals surface area contributed by atoms with E-state index in [0.717, 1.165) is 44.1 Å². The molecular weight excluding hydrogens is 404 g/mol. The maximum absolute atomic E-state index is 12.7. The van der Waals surface area contributed by atoms with E-state index in [1.807, 2.05) is 0 Å². The lowest BCUT2D eigenvalue weighted by Gasteiger charge is -2.31. The van der Waals surface area contributed by atoms with Crippen molar-refractivity contribution in [3.63, 3.8) is 0 Å². The van der Waals surface area contributed by atoms with Gasteiger partial charge in [0.25, 0.3) is 0 Å². The van der Waals surface area contributed by atoms with Crippen molar-refractivity contribution in [3.8, 4) is 0 Å². The molecule has 0 aromatic heterocycles. The molecule has 0 aromatic rings. The third kappa shape index (κ3) is 9.47. The number of hydrogen-bond donors (Lipinski definition) is 3. The molecule has 0 heterocycles. The number of amides is 3. The second-order valence-corrected chi connectivity index (χ2v) is 9.83. The Morgan fingerprint density at radius 2 is 1.56 bits per heavy atom. The summed E-state index contributed by atoms with van der Waals surface area (Å²) in [4.78, 5) is 38.5. The Morgan fingerprint density at radius 1 is 0.875 bits per heavy atom. The number of carbonyl (C=O) groups is 3. The van der Waals surface area contributed by atoms with Gasteiger partial charge < -0.3 is 20.9 Å². The molecule has 2 rings (SSSR count). The minimum Gasteiger partial charge on any atom is -0.355 e. The van der Waals surface area contributed by atoms with Crippen molar-refractivity contribution < 1.29 is 14.4 Å². The van der Waals surface area contributed by atoms with Gasteiger partial charge >= 0.3 is 0 Å². The van der Waals surface area contributed by atoms with Crippen LogP contribution in [0.3, 0.4) is 0 Å². The van der Waals surface area contributed by atoms with E-state index in [-0.39, 0.29) is 36.9 Å². The van der Waals surface area contributed by atoms with Gasteiger partial charge in [0.2, 0.25) is 17.7 Å². The lowest BCUT2D eigenvalue weighted by Crippen LogP contribution is -2.50. The summed E-state index contributed by atoms with van der Waals surface area (Å²) in [5, 5.41) is 8.88. The van der Waals surface area contributed by atoms with Crippen molar-refractivity contribution in [1.29, 1.82) is 0 Å². The Labute approximate surface area is 194 Å². The fraction of sp³-hybridized carbons (Fsp3) is 0.880. The fourth-order valence-corrected chi connectivity index (χ4v) is 5.02. The molecule has 3 atom stereocenters. The Bertz CT molecular complexity index is 592. The van der Waals surface area contributed by atoms with E-state index in [1.54, 1.807) is 7.05 Å². The number of carbonyl (C=O) groups excluding carboxylic acids is 3. The molecule has 0 aromatic carbocycles. The van der Waals surface area contributed by atoms with Crippen molar-refractivity contribution >= 4 is 17.7 Å². The van der Waals surface area contributed by atoms with Crippen LogP contribution >= 0.6 is 0 Å². The summed E-state index contributed by atoms with van der Waals surface area (Å²) in [5.41, 5.74) is 0. The summed E-state index contributed by atoms with van der Waals surface area (Å²) in [6.07, 6.45) is 13.3. The van der Waals surface area contributed by atoms with Gasteiger partial charge in [-0.1, -0.05) is 52.4 Å². The average molecular weight is 451 g/mol. The lowest BCUT2D eigenvalue weighted by atomic mass is 9.75. The highest BCUT2D eigenvalue weighted by atomic mass is 16.2. The number of likely N-dealkylation sites (N-methyl/N-ethyl adjacent to an activating group) is 1. The van der Waals surface area contributed by atoms with E-state index in [4.69, 9.17) is 0 Å². The van der Waals surface area contributed by atoms with Crippen LogP contribution in [-0.4, -0.2) is 61.9 Å². The van der Waals surface area contributed by atoms with Crippen LogP contribution in [-0.2, 0) is 14.4 Å². The highest BCUT2D eigenvalue weighted by Crippen LogP contribution is 2.36. The molecule has 0 radical (unpaired) electrons. The normalized spacial score (nSPS) is 21.6. The standard InChI is InChI=1S/C25H46N4O3/c1-4-9-19-10-6-7-11-20(19)12-8-16-26-22(30)17-28-23(31)18-29(3)25(32)24(21-13-14-21)27-15-5-2/h19-21,24,27H,4-18H2,1-3H3,(H,26,30)(H,28,31). The molecule has 0 saturated heterocycles. The van der Waals surface area contributed by atoms with Crippen LogP contribution in [0.25, 0.3) is 0 Å². The van der Waals surface area contributed by atoms with Crippen molar-refractivity contribution in [2.24, 2.45) is 17.8 Å². The van der Waals surface area contributed by atoms with Crippen molar-refractivity contribution in [3.05, 3.63) is 0 Å². The van der Waals surface area contributed by atoms with Crippen LogP contribution in [0, 0.1) is 17.8 Å². The average Bonchev–Trinajstić information content (AvgIpc) is 3.62. The van der Waals surface area contributed by atoms with Crippen LogP contribution in [0.2, 0.25) is 0 Å². The molecule has 0 aliphatic heterocycles. The van der Waals surface area contributed by atoms with Gasteiger partial charge in [-0.25, -0.2) is 0 Å². The topological polar surface area (TPSA) is 90.5 Å². The molecule has 7 nitrogen and oxygen atoms in total. The maximum Gasteiger partial charge on any atom is 0.240 e. The SMILES string of the molecule is CCCNC(C(=O)N(C)CC(=O)NCC(=O)NCCCC1CCCCC1CCC)C1CC1. The second-order valence-electron chi connectivity index (χ2n) is 9.83. The summed E-state index contributed by atoms with van der Waals surface area (Å²) >= 11 is 0. The third-order valence-corrected chi connectivity index (χ3v) is 6.98. The minimum atomic E-state index is -0.300. The molecule has 2 aliphatic rings. The first kappa shape index (κ1) is 26.6. The van der Waals surface area contributed by atoms with Crippen molar-refractivity contribution in [2.45, 2.75) is 90.5 Å². The largest absolute Gasteiger partial charge is 0.355 e. The van der Waals surface area contributed by atoms with Crippen LogP contribution in [0.4, 0.5) is 0 Å². The van der Waals surface area contributed by atoms with Crippen molar-refractivity contribution in [1.82, 2.24) is 20.9 Å². The Balaban J connectivity index is 1.59. The minimum absolute atomic E-state index is 0.0242. The first-order valence-electron chi connectivity index (χ1n) is 13.0. The Hall–Kier alpha value is -1.63. The molecule has 184 valence electrons. The predicted octanol–water partition coefficient (Wildman–Crippen LogP) is 2.84. The second kappa shape index (κ2) is 14.5. The molecule has 0 bridgehead atoms. The van der Waals surface area contributed by atoms with Gasteiger partial charge in [0, 0.05) is 13.6 Å². The third-order valence-electron chi connectivity index (χ3n) is 6.98. The first-order valence-corrected chi connectivity index (χ1v) is 13.0. The first-order chi connectivity index (χ1) is 15.5. The smallest absolute Gasteiger partial charge is 0.240 e. The van der Waals surface area contributed by atoms with Gasteiger partial charge in [-0.05, 0) is 56.4 Å². The van der Waals surface area contributed by atoms with Gasteiger partial charge in [0.05, 0.1) is 19.1 Å². The Kier molecular flexibility index (Phi) is 12.1. The van der Waals surface area contributed by atoms with E-state index in [9.17, 15) is 14.4 Å². The summed E-state index contributed by atoms with van der Waals surface area (Å²) in [6, 6.07) is -0.197. The van der Waals surface area contributed by atoms with E-state index in [2.05, 4.69) is 29.8 Å². The maximum atomic E-state index is 12.7. The molecule has 3 unspecified atom stereocenters. The molecule has 7 heteroatoms. The lowest BCUT2D eigenvalue weighted by molar-refractivity contribution is -0.137. The summed E-state index contributed by atoms with van der Waals surface area (Å²) in [6.45, 7) is 5.74. The zero-order valence-electron chi connectivity index (χ0n) is 20.6. The molecule has 2 fully saturated rings. The molecule has 3 amide bonds.